The third-order valence-corrected chi connectivity index (χ3v) is 15.3. The molecule has 0 spiro atoms. The lowest BCUT2D eigenvalue weighted by molar-refractivity contribution is -0.303. The summed E-state index contributed by atoms with van der Waals surface area (Å²) < 4.78 is 11.1. The summed E-state index contributed by atoms with van der Waals surface area (Å²) >= 11 is 0. The van der Waals surface area contributed by atoms with Gasteiger partial charge in [0.1, 0.15) is 36.6 Å². The first kappa shape index (κ1) is 68.9. The smallest absolute Gasteiger partial charge is 0.249 e. The summed E-state index contributed by atoms with van der Waals surface area (Å²) in [5, 5.41) is 75.5. The Bertz CT molecular complexity index is 1180. The second-order valence-corrected chi connectivity index (χ2v) is 22.1. The Morgan fingerprint density at radius 1 is 0.472 bits per heavy atom. The number of allylic oxidation sites excluding steroid dienone is 2. The lowest BCUT2D eigenvalue weighted by Gasteiger charge is -2.40. The fourth-order valence-corrected chi connectivity index (χ4v) is 10.3. The minimum absolute atomic E-state index is 0.258. The Labute approximate surface area is 442 Å². The lowest BCUT2D eigenvalue weighted by atomic mass is 9.98. The van der Waals surface area contributed by atoms with Gasteiger partial charge in [0.2, 0.25) is 5.91 Å². The van der Waals surface area contributed by atoms with E-state index in [0.717, 1.165) is 44.9 Å². The van der Waals surface area contributed by atoms with Crippen molar-refractivity contribution in [1.82, 2.24) is 5.32 Å². The number of amides is 1. The van der Waals surface area contributed by atoms with Gasteiger partial charge in [0.25, 0.3) is 0 Å². The van der Waals surface area contributed by atoms with Crippen LogP contribution in [-0.2, 0) is 14.3 Å². The molecule has 0 radical (unpaired) electrons. The van der Waals surface area contributed by atoms with Crippen molar-refractivity contribution < 1.29 is 50.0 Å². The molecule has 0 aliphatic carbocycles. The fraction of sp³-hybridized carbons (Fsp3) is 0.951. The van der Waals surface area contributed by atoms with Crippen LogP contribution in [0.25, 0.3) is 0 Å². The average molecular weight is 1030 g/mol. The first-order valence-corrected chi connectivity index (χ1v) is 31.1. The van der Waals surface area contributed by atoms with Crippen molar-refractivity contribution in [1.29, 1.82) is 0 Å². The third kappa shape index (κ3) is 38.4. The number of ether oxygens (including phenoxy) is 2. The standard InChI is InChI=1S/C61H119NO10/c1-3-5-7-9-11-12-13-14-15-16-17-18-19-20-21-22-23-24-25-26-27-28-29-30-31-32-33-34-35-36-37-38-39-40-41-43-45-47-49-54(65)60(70)62-52(56(66)53(64)48-46-44-42-10-8-6-4-2)51-71-61-59(69)58(68)57(67)55(50-63)72-61/h10,42,52-59,61,63-69H,3-9,11-41,43-51H2,1-2H3,(H,62,70)/b42-10+. The molecule has 0 aromatic heterocycles. The molecule has 0 aromatic rings. The van der Waals surface area contributed by atoms with Crippen LogP contribution in [0.2, 0.25) is 0 Å². The number of aliphatic hydroxyl groups excluding tert-OH is 7. The van der Waals surface area contributed by atoms with E-state index in [-0.39, 0.29) is 12.8 Å². The van der Waals surface area contributed by atoms with E-state index in [1.807, 2.05) is 0 Å². The molecule has 1 amide bonds. The maximum Gasteiger partial charge on any atom is 0.249 e. The third-order valence-electron chi connectivity index (χ3n) is 15.3. The number of nitrogens with one attached hydrogen (secondary N) is 1. The maximum absolute atomic E-state index is 13.1. The van der Waals surface area contributed by atoms with Crippen molar-refractivity contribution in [3.63, 3.8) is 0 Å². The first-order valence-electron chi connectivity index (χ1n) is 31.1. The van der Waals surface area contributed by atoms with Gasteiger partial charge in [-0.1, -0.05) is 283 Å². The molecule has 1 aliphatic heterocycles. The van der Waals surface area contributed by atoms with E-state index in [0.29, 0.717) is 12.8 Å². The van der Waals surface area contributed by atoms with E-state index >= 15 is 0 Å². The highest BCUT2D eigenvalue weighted by Gasteiger charge is 2.44. The number of carbonyl (C=O) groups is 1. The van der Waals surface area contributed by atoms with Gasteiger partial charge >= 0.3 is 0 Å². The van der Waals surface area contributed by atoms with Crippen LogP contribution in [0.1, 0.15) is 303 Å². The van der Waals surface area contributed by atoms with Gasteiger partial charge in [-0.15, -0.1) is 0 Å². The molecular formula is C61H119NO10. The topological polar surface area (TPSA) is 189 Å². The summed E-state index contributed by atoms with van der Waals surface area (Å²) in [7, 11) is 0. The summed E-state index contributed by atoms with van der Waals surface area (Å²) in [6.07, 6.45) is 49.5. The van der Waals surface area contributed by atoms with Crippen LogP contribution in [0.3, 0.4) is 0 Å². The SMILES string of the molecule is CCCC/C=C/CCCC(O)C(O)C(COC1OC(CO)C(O)C(O)C1O)NC(=O)C(O)CCCCCCCCCCCCCCCCCCCCCCCCCCCCCCCCCCCCCCCC. The molecule has 428 valence electrons. The molecule has 8 N–H and O–H groups in total. The fourth-order valence-electron chi connectivity index (χ4n) is 10.3. The summed E-state index contributed by atoms with van der Waals surface area (Å²) in [4.78, 5) is 13.1. The number of aliphatic hydroxyl groups is 7. The quantitative estimate of drug-likeness (QED) is 0.0215. The zero-order valence-electron chi connectivity index (χ0n) is 46.9. The number of unbranched alkanes of at least 4 members (excludes halogenated alkanes) is 40. The minimum atomic E-state index is -1.66. The van der Waals surface area contributed by atoms with Crippen molar-refractivity contribution in [3.8, 4) is 0 Å². The molecule has 9 atom stereocenters. The Morgan fingerprint density at radius 3 is 1.18 bits per heavy atom. The predicted molar refractivity (Wildman–Crippen MR) is 298 cm³/mol. The van der Waals surface area contributed by atoms with Gasteiger partial charge in [-0.05, 0) is 32.1 Å². The summed E-state index contributed by atoms with van der Waals surface area (Å²) in [5.74, 6) is -0.705. The second kappa shape index (κ2) is 50.7. The first-order chi connectivity index (χ1) is 35.2. The largest absolute Gasteiger partial charge is 0.394 e. The highest BCUT2D eigenvalue weighted by Crippen LogP contribution is 2.24. The van der Waals surface area contributed by atoms with Crippen LogP contribution in [0.4, 0.5) is 0 Å². The van der Waals surface area contributed by atoms with Crippen LogP contribution >= 0.6 is 0 Å². The molecule has 1 rings (SSSR count). The molecule has 9 unspecified atom stereocenters. The predicted octanol–water partition coefficient (Wildman–Crippen LogP) is 13.5. The molecule has 1 aliphatic rings. The van der Waals surface area contributed by atoms with E-state index in [1.54, 1.807) is 0 Å². The van der Waals surface area contributed by atoms with Gasteiger partial charge in [-0.3, -0.25) is 4.79 Å². The Balaban J connectivity index is 2.02. The maximum atomic E-state index is 13.1. The monoisotopic (exact) mass is 1030 g/mol. The van der Waals surface area contributed by atoms with E-state index in [9.17, 15) is 40.5 Å². The van der Waals surface area contributed by atoms with Gasteiger partial charge in [-0.2, -0.15) is 0 Å². The lowest BCUT2D eigenvalue weighted by Crippen LogP contribution is -2.60. The van der Waals surface area contributed by atoms with E-state index in [2.05, 4.69) is 31.3 Å². The number of hydrogen-bond donors (Lipinski definition) is 8. The van der Waals surface area contributed by atoms with Crippen LogP contribution in [0.15, 0.2) is 12.2 Å². The van der Waals surface area contributed by atoms with E-state index in [1.165, 1.54) is 218 Å². The van der Waals surface area contributed by atoms with E-state index in [4.69, 9.17) is 9.47 Å². The van der Waals surface area contributed by atoms with Crippen molar-refractivity contribution in [3.05, 3.63) is 12.2 Å². The van der Waals surface area contributed by atoms with Crippen LogP contribution < -0.4 is 5.32 Å². The minimum Gasteiger partial charge on any atom is -0.394 e. The number of carbonyl (C=O) groups excluding carboxylic acids is 1. The highest BCUT2D eigenvalue weighted by atomic mass is 16.7. The number of hydrogen-bond acceptors (Lipinski definition) is 10. The Hall–Kier alpha value is -1.15. The average Bonchev–Trinajstić information content (AvgIpc) is 3.38. The molecule has 0 bridgehead atoms. The number of rotatable bonds is 54. The summed E-state index contributed by atoms with van der Waals surface area (Å²) in [5.41, 5.74) is 0. The van der Waals surface area contributed by atoms with Crippen molar-refractivity contribution in [2.24, 2.45) is 0 Å². The normalized spacial score (nSPS) is 20.0. The van der Waals surface area contributed by atoms with Gasteiger partial charge in [0.15, 0.2) is 6.29 Å². The molecular weight excluding hydrogens is 907 g/mol. The van der Waals surface area contributed by atoms with Crippen LogP contribution in [0, 0.1) is 0 Å². The molecule has 0 saturated carbocycles. The molecule has 0 aromatic carbocycles. The van der Waals surface area contributed by atoms with Crippen molar-refractivity contribution >= 4 is 5.91 Å². The van der Waals surface area contributed by atoms with Crippen molar-refractivity contribution in [2.45, 2.75) is 358 Å². The zero-order valence-corrected chi connectivity index (χ0v) is 46.9. The molecule has 1 fully saturated rings. The van der Waals surface area contributed by atoms with Gasteiger partial charge < -0.3 is 50.5 Å². The van der Waals surface area contributed by atoms with Crippen LogP contribution in [-0.4, -0.2) is 110 Å². The molecule has 1 heterocycles. The Kier molecular flexibility index (Phi) is 48.4. The summed E-state index contributed by atoms with van der Waals surface area (Å²) in [6.45, 7) is 3.36. The van der Waals surface area contributed by atoms with Gasteiger partial charge in [0, 0.05) is 0 Å². The molecule has 72 heavy (non-hydrogen) atoms. The molecule has 1 saturated heterocycles. The zero-order chi connectivity index (χ0) is 52.5. The molecule has 11 heteroatoms. The van der Waals surface area contributed by atoms with Crippen molar-refractivity contribution in [2.75, 3.05) is 13.2 Å². The van der Waals surface area contributed by atoms with Crippen LogP contribution in [0.5, 0.6) is 0 Å². The van der Waals surface area contributed by atoms with E-state index < -0.39 is 74.2 Å². The Morgan fingerprint density at radius 2 is 0.819 bits per heavy atom. The van der Waals surface area contributed by atoms with Gasteiger partial charge in [0.05, 0.1) is 25.4 Å². The second-order valence-electron chi connectivity index (χ2n) is 22.1. The summed E-state index contributed by atoms with van der Waals surface area (Å²) in [6, 6.07) is -1.18. The molecule has 11 nitrogen and oxygen atoms in total. The van der Waals surface area contributed by atoms with Gasteiger partial charge in [-0.25, -0.2) is 0 Å². The highest BCUT2D eigenvalue weighted by molar-refractivity contribution is 5.80.